The van der Waals surface area contributed by atoms with Crippen LogP contribution in [0.3, 0.4) is 0 Å². The molecule has 30 heavy (non-hydrogen) atoms. The fraction of sp³-hybridized carbons (Fsp3) is 0.0500. The molecule has 0 radical (unpaired) electrons. The van der Waals surface area contributed by atoms with E-state index in [1.807, 2.05) is 12.1 Å². The fourth-order valence-electron chi connectivity index (χ4n) is 2.70. The van der Waals surface area contributed by atoms with Gasteiger partial charge in [0.2, 0.25) is 0 Å². The number of ether oxygens (including phenoxy) is 1. The topological polar surface area (TPSA) is 134 Å². The molecule has 0 aliphatic carbocycles. The summed E-state index contributed by atoms with van der Waals surface area (Å²) in [5, 5.41) is 21.6. The van der Waals surface area contributed by atoms with Gasteiger partial charge in [0, 0.05) is 23.6 Å². The van der Waals surface area contributed by atoms with Gasteiger partial charge >= 0.3 is 6.01 Å². The van der Waals surface area contributed by atoms with E-state index in [0.717, 1.165) is 5.39 Å². The summed E-state index contributed by atoms with van der Waals surface area (Å²) in [7, 11) is 1.54. The van der Waals surface area contributed by atoms with Crippen LogP contribution in [0.1, 0.15) is 5.56 Å². The van der Waals surface area contributed by atoms with E-state index in [1.54, 1.807) is 19.2 Å². The van der Waals surface area contributed by atoms with Crippen molar-refractivity contribution < 1.29 is 23.3 Å². The van der Waals surface area contributed by atoms with Crippen molar-refractivity contribution in [2.75, 3.05) is 12.4 Å². The number of nitrogens with zero attached hydrogens (tertiary/aromatic N) is 3. The lowest BCUT2D eigenvalue weighted by Gasteiger charge is -1.98. The van der Waals surface area contributed by atoms with Crippen molar-refractivity contribution in [1.29, 1.82) is 0 Å². The first-order valence-electron chi connectivity index (χ1n) is 8.67. The van der Waals surface area contributed by atoms with E-state index < -0.39 is 10.8 Å². The van der Waals surface area contributed by atoms with Gasteiger partial charge in [-0.25, -0.2) is 0 Å². The summed E-state index contributed by atoms with van der Waals surface area (Å²) >= 11 is 0. The van der Waals surface area contributed by atoms with E-state index in [0.29, 0.717) is 22.7 Å². The van der Waals surface area contributed by atoms with Crippen molar-refractivity contribution in [3.63, 3.8) is 0 Å². The van der Waals surface area contributed by atoms with E-state index in [-0.39, 0.29) is 17.6 Å². The molecule has 4 rings (SSSR count). The molecule has 4 aromatic rings. The van der Waals surface area contributed by atoms with E-state index in [4.69, 9.17) is 13.6 Å². The molecule has 2 aromatic heterocycles. The highest BCUT2D eigenvalue weighted by Crippen LogP contribution is 2.33. The van der Waals surface area contributed by atoms with Crippen LogP contribution in [0, 0.1) is 10.1 Å². The molecule has 0 saturated heterocycles. The zero-order valence-corrected chi connectivity index (χ0v) is 15.6. The third-order valence-corrected chi connectivity index (χ3v) is 4.12. The quantitative estimate of drug-likeness (QED) is 0.288. The minimum absolute atomic E-state index is 0.0294. The summed E-state index contributed by atoms with van der Waals surface area (Å²) in [5.74, 6) is 0.504. The molecule has 0 unspecified atom stereocenters. The number of amides is 1. The Morgan fingerprint density at radius 2 is 1.97 bits per heavy atom. The summed E-state index contributed by atoms with van der Waals surface area (Å²) in [5.41, 5.74) is 1.14. The van der Waals surface area contributed by atoms with Gasteiger partial charge in [-0.1, -0.05) is 17.2 Å². The summed E-state index contributed by atoms with van der Waals surface area (Å²) in [6.45, 7) is 0. The standard InChI is InChI=1S/C20H14N4O6/c1-28-15-4-2-3-13-11-16(29-18(13)15)19-22-23-20(30-19)21-17(25)10-7-12-5-8-14(9-6-12)24(26)27/h2-11H,1H3,(H,21,23,25)/b10-7-. The maximum Gasteiger partial charge on any atom is 0.322 e. The maximum absolute atomic E-state index is 12.1. The number of hydrogen-bond acceptors (Lipinski definition) is 8. The van der Waals surface area contributed by atoms with Gasteiger partial charge in [0.05, 0.1) is 12.0 Å². The summed E-state index contributed by atoms with van der Waals surface area (Å²) in [6, 6.07) is 12.8. The Hall–Kier alpha value is -4.47. The van der Waals surface area contributed by atoms with E-state index in [1.165, 1.54) is 36.4 Å². The monoisotopic (exact) mass is 406 g/mol. The number of hydrogen-bond donors (Lipinski definition) is 1. The number of rotatable bonds is 6. The number of fused-ring (bicyclic) bond motifs is 1. The van der Waals surface area contributed by atoms with Gasteiger partial charge in [0.25, 0.3) is 17.5 Å². The highest BCUT2D eigenvalue weighted by atomic mass is 16.6. The molecule has 0 saturated carbocycles. The Kier molecular flexibility index (Phi) is 4.95. The molecule has 2 heterocycles. The second kappa shape index (κ2) is 7.87. The number of nitro groups is 1. The Bertz CT molecular complexity index is 1260. The second-order valence-corrected chi connectivity index (χ2v) is 6.07. The van der Waals surface area contributed by atoms with Gasteiger partial charge in [0.1, 0.15) is 0 Å². The van der Waals surface area contributed by atoms with Gasteiger partial charge < -0.3 is 13.6 Å². The number of benzene rings is 2. The zero-order valence-electron chi connectivity index (χ0n) is 15.6. The first-order chi connectivity index (χ1) is 14.5. The van der Waals surface area contributed by atoms with Crippen LogP contribution in [0.5, 0.6) is 5.75 Å². The molecular formula is C20H14N4O6. The molecule has 0 bridgehead atoms. The molecule has 10 heteroatoms. The molecule has 10 nitrogen and oxygen atoms in total. The molecule has 1 N–H and O–H groups in total. The van der Waals surface area contributed by atoms with E-state index in [9.17, 15) is 14.9 Å². The van der Waals surface area contributed by atoms with Crippen LogP contribution in [0.2, 0.25) is 0 Å². The van der Waals surface area contributed by atoms with E-state index in [2.05, 4.69) is 15.5 Å². The average molecular weight is 406 g/mol. The van der Waals surface area contributed by atoms with Crippen LogP contribution in [0.15, 0.2) is 63.4 Å². The summed E-state index contributed by atoms with van der Waals surface area (Å²) in [6.07, 6.45) is 2.75. The predicted octanol–water partition coefficient (Wildman–Crippen LogP) is 4.05. The number of furan rings is 1. The van der Waals surface area contributed by atoms with Crippen LogP contribution in [0.4, 0.5) is 11.7 Å². The number of nitrogens with one attached hydrogen (secondary N) is 1. The van der Waals surface area contributed by atoms with Gasteiger partial charge in [0.15, 0.2) is 17.1 Å². The molecule has 2 aromatic carbocycles. The Balaban J connectivity index is 1.45. The van der Waals surface area contributed by atoms with Crippen LogP contribution < -0.4 is 10.1 Å². The maximum atomic E-state index is 12.1. The molecule has 150 valence electrons. The molecule has 0 atom stereocenters. The van der Waals surface area contributed by atoms with E-state index >= 15 is 0 Å². The summed E-state index contributed by atoms with van der Waals surface area (Å²) in [4.78, 5) is 22.2. The fourth-order valence-corrected chi connectivity index (χ4v) is 2.70. The van der Waals surface area contributed by atoms with Crippen LogP contribution in [-0.4, -0.2) is 28.1 Å². The first-order valence-corrected chi connectivity index (χ1v) is 8.67. The summed E-state index contributed by atoms with van der Waals surface area (Å²) < 4.78 is 16.4. The van der Waals surface area contributed by atoms with Crippen LogP contribution in [0.25, 0.3) is 28.7 Å². The lowest BCUT2D eigenvalue weighted by atomic mass is 10.2. The van der Waals surface area contributed by atoms with Crippen molar-refractivity contribution >= 4 is 34.7 Å². The molecule has 0 spiro atoms. The highest BCUT2D eigenvalue weighted by molar-refractivity contribution is 6.00. The molecule has 0 aliphatic heterocycles. The van der Waals surface area contributed by atoms with Gasteiger partial charge in [-0.2, -0.15) is 0 Å². The molecule has 1 amide bonds. The number of methoxy groups -OCH3 is 1. The number of nitro benzene ring substituents is 1. The van der Waals surface area contributed by atoms with Crippen molar-refractivity contribution in [1.82, 2.24) is 10.2 Å². The van der Waals surface area contributed by atoms with Crippen LogP contribution >= 0.6 is 0 Å². The minimum Gasteiger partial charge on any atom is -0.493 e. The number of anilines is 1. The second-order valence-electron chi connectivity index (χ2n) is 6.07. The molecule has 0 fully saturated rings. The Morgan fingerprint density at radius 3 is 2.70 bits per heavy atom. The van der Waals surface area contributed by atoms with Gasteiger partial charge in [-0.15, -0.1) is 5.10 Å². The van der Waals surface area contributed by atoms with Crippen molar-refractivity contribution in [2.45, 2.75) is 0 Å². The van der Waals surface area contributed by atoms with Crippen molar-refractivity contribution in [3.8, 4) is 17.4 Å². The molecular weight excluding hydrogens is 392 g/mol. The number of carbonyl (C=O) groups is 1. The third-order valence-electron chi connectivity index (χ3n) is 4.12. The normalized spacial score (nSPS) is 11.1. The minimum atomic E-state index is -0.505. The SMILES string of the molecule is COc1cccc2cc(-c3nnc(NC(=O)/C=C\c4ccc([N+](=O)[O-])cc4)o3)oc12. The van der Waals surface area contributed by atoms with Crippen molar-refractivity contribution in [2.24, 2.45) is 0 Å². The number of carbonyl (C=O) groups excluding carboxylic acids is 1. The number of aromatic nitrogens is 2. The largest absolute Gasteiger partial charge is 0.493 e. The zero-order chi connectivity index (χ0) is 21.1. The molecule has 0 aliphatic rings. The van der Waals surface area contributed by atoms with Gasteiger partial charge in [-0.3, -0.25) is 20.2 Å². The first kappa shape index (κ1) is 18.9. The van der Waals surface area contributed by atoms with Gasteiger partial charge in [-0.05, 0) is 35.9 Å². The lowest BCUT2D eigenvalue weighted by Crippen LogP contribution is -2.07. The number of non-ortho nitro benzene ring substituents is 1. The average Bonchev–Trinajstić information content (AvgIpc) is 3.39. The van der Waals surface area contributed by atoms with Crippen LogP contribution in [-0.2, 0) is 4.79 Å². The number of para-hydroxylation sites is 1. The third kappa shape index (κ3) is 3.87. The Labute approximate surface area is 168 Å². The van der Waals surface area contributed by atoms with Crippen molar-refractivity contribution in [3.05, 3.63) is 70.3 Å². The predicted molar refractivity (Wildman–Crippen MR) is 107 cm³/mol. The lowest BCUT2D eigenvalue weighted by molar-refractivity contribution is -0.384. The smallest absolute Gasteiger partial charge is 0.322 e. The highest BCUT2D eigenvalue weighted by Gasteiger charge is 2.16. The Morgan fingerprint density at radius 1 is 1.17 bits per heavy atom.